The van der Waals surface area contributed by atoms with E-state index in [1.165, 1.54) is 0 Å². The molecule has 0 unspecified atom stereocenters. The largest absolute Gasteiger partial charge is 0.379 e. The van der Waals surface area contributed by atoms with Crippen LogP contribution in [0.3, 0.4) is 0 Å². The van der Waals surface area contributed by atoms with Crippen molar-refractivity contribution >= 4 is 17.6 Å². The summed E-state index contributed by atoms with van der Waals surface area (Å²) in [7, 11) is 1.73. The van der Waals surface area contributed by atoms with Crippen molar-refractivity contribution in [2.24, 2.45) is 11.7 Å². The Balaban J connectivity index is 1.51. The maximum absolute atomic E-state index is 12.2. The normalized spacial score (nSPS) is 22.6. The van der Waals surface area contributed by atoms with Gasteiger partial charge in [-0.05, 0) is 25.7 Å². The van der Waals surface area contributed by atoms with Crippen molar-refractivity contribution in [3.8, 4) is 6.07 Å². The van der Waals surface area contributed by atoms with Gasteiger partial charge in [0.1, 0.15) is 5.56 Å². The fourth-order valence-corrected chi connectivity index (χ4v) is 4.08. The minimum absolute atomic E-state index is 0.00960. The molecule has 2 aliphatic heterocycles. The Morgan fingerprint density at radius 3 is 2.59 bits per heavy atom. The van der Waals surface area contributed by atoms with Gasteiger partial charge in [0.2, 0.25) is 5.91 Å². The molecule has 3 aliphatic rings. The van der Waals surface area contributed by atoms with E-state index in [-0.39, 0.29) is 35.7 Å². The molecular weight excluding hydrogens is 374 g/mol. The molecule has 10 heteroatoms. The zero-order valence-corrected chi connectivity index (χ0v) is 16.6. The van der Waals surface area contributed by atoms with E-state index in [4.69, 9.17) is 10.5 Å². The maximum atomic E-state index is 12.2. The molecule has 1 aromatic heterocycles. The number of amides is 2. The summed E-state index contributed by atoms with van der Waals surface area (Å²) in [5.74, 6) is -0.588. The average molecular weight is 401 g/mol. The molecule has 156 valence electrons. The van der Waals surface area contributed by atoms with Gasteiger partial charge < -0.3 is 15.8 Å². The number of hydrazine groups is 1. The number of anilines is 1. The number of ether oxygens (including phenoxy) is 1. The molecule has 0 aromatic carbocycles. The van der Waals surface area contributed by atoms with E-state index < -0.39 is 11.4 Å². The van der Waals surface area contributed by atoms with E-state index in [1.54, 1.807) is 18.0 Å². The number of methoxy groups -OCH3 is 1. The summed E-state index contributed by atoms with van der Waals surface area (Å²) in [6, 6.07) is 2.28. The van der Waals surface area contributed by atoms with Crippen LogP contribution in [0.1, 0.15) is 42.5 Å². The van der Waals surface area contributed by atoms with Crippen molar-refractivity contribution in [3.63, 3.8) is 0 Å². The number of piperidine rings is 1. The summed E-state index contributed by atoms with van der Waals surface area (Å²) < 4.78 is 7.03. The zero-order valence-electron chi connectivity index (χ0n) is 16.6. The van der Waals surface area contributed by atoms with E-state index in [0.717, 1.165) is 39.0 Å². The number of nitrogens with one attached hydrogen (secondary N) is 1. The third-order valence-corrected chi connectivity index (χ3v) is 6.30. The molecule has 3 fully saturated rings. The van der Waals surface area contributed by atoms with E-state index in [0.29, 0.717) is 12.8 Å². The van der Waals surface area contributed by atoms with Crippen molar-refractivity contribution in [2.75, 3.05) is 38.6 Å². The van der Waals surface area contributed by atoms with Crippen molar-refractivity contribution < 1.29 is 14.3 Å². The van der Waals surface area contributed by atoms with Crippen LogP contribution in [0.5, 0.6) is 0 Å². The lowest BCUT2D eigenvalue weighted by Crippen LogP contribution is -2.62. The molecule has 0 bridgehead atoms. The Labute approximate surface area is 169 Å². The van der Waals surface area contributed by atoms with Crippen LogP contribution in [0.4, 0.5) is 5.82 Å². The average Bonchev–Trinajstić information content (AvgIpc) is 3.43. The molecule has 10 nitrogen and oxygen atoms in total. The van der Waals surface area contributed by atoms with E-state index in [9.17, 15) is 14.9 Å². The first kappa shape index (κ1) is 19.8. The highest BCUT2D eigenvalue weighted by Gasteiger charge is 2.42. The number of aromatic nitrogens is 2. The van der Waals surface area contributed by atoms with Gasteiger partial charge in [0.05, 0.1) is 24.1 Å². The molecule has 1 saturated carbocycles. The summed E-state index contributed by atoms with van der Waals surface area (Å²) >= 11 is 0. The number of carbonyl (C=O) groups is 2. The quantitative estimate of drug-likeness (QED) is 0.671. The van der Waals surface area contributed by atoms with Gasteiger partial charge >= 0.3 is 0 Å². The SMILES string of the molecule is COC1CN(N2CCC(CC#N)(n3cc(C(N)=O)c(NC(=O)C4CC4)n3)CC2)C1. The lowest BCUT2D eigenvalue weighted by Gasteiger charge is -2.50. The number of hydrogen-bond donors (Lipinski definition) is 2. The number of rotatable bonds is 7. The van der Waals surface area contributed by atoms with Gasteiger partial charge in [0, 0.05) is 45.4 Å². The summed E-state index contributed by atoms with van der Waals surface area (Å²) in [6.45, 7) is 3.33. The highest BCUT2D eigenvalue weighted by atomic mass is 16.5. The smallest absolute Gasteiger partial charge is 0.254 e. The van der Waals surface area contributed by atoms with Crippen LogP contribution in [-0.4, -0.2) is 71.0 Å². The number of carbonyl (C=O) groups excluding carboxylic acids is 2. The van der Waals surface area contributed by atoms with Crippen molar-refractivity contribution in [3.05, 3.63) is 11.8 Å². The number of nitriles is 1. The molecule has 0 radical (unpaired) electrons. The van der Waals surface area contributed by atoms with Gasteiger partial charge in [0.25, 0.3) is 5.91 Å². The van der Waals surface area contributed by atoms with Crippen LogP contribution in [-0.2, 0) is 15.1 Å². The number of nitrogens with zero attached hydrogens (tertiary/aromatic N) is 5. The fraction of sp³-hybridized carbons (Fsp3) is 0.684. The summed E-state index contributed by atoms with van der Waals surface area (Å²) in [4.78, 5) is 24.1. The van der Waals surface area contributed by atoms with Gasteiger partial charge in [-0.15, -0.1) is 0 Å². The molecule has 1 aromatic rings. The molecular formula is C19H27N7O3. The number of nitrogens with two attached hydrogens (primary N) is 1. The Morgan fingerprint density at radius 2 is 2.03 bits per heavy atom. The lowest BCUT2D eigenvalue weighted by atomic mass is 9.85. The van der Waals surface area contributed by atoms with Crippen molar-refractivity contribution in [1.82, 2.24) is 19.8 Å². The third kappa shape index (κ3) is 3.85. The van der Waals surface area contributed by atoms with Crippen LogP contribution in [0.2, 0.25) is 0 Å². The van der Waals surface area contributed by atoms with Crippen molar-refractivity contribution in [1.29, 1.82) is 5.26 Å². The van der Waals surface area contributed by atoms with Gasteiger partial charge in [0.15, 0.2) is 5.82 Å². The van der Waals surface area contributed by atoms with Gasteiger partial charge in [-0.25, -0.2) is 10.0 Å². The van der Waals surface area contributed by atoms with Gasteiger partial charge in [-0.2, -0.15) is 10.4 Å². The standard InChI is InChI=1S/C19H27N7O3/c1-29-14-10-25(11-14)24-8-5-19(4-7-20,6-9-24)26-12-15(16(21)27)17(23-26)22-18(28)13-2-3-13/h12-14H,2-6,8-11H2,1H3,(H2,21,27)(H,22,23,28). The highest BCUT2D eigenvalue weighted by molar-refractivity contribution is 6.02. The molecule has 2 saturated heterocycles. The van der Waals surface area contributed by atoms with E-state index in [1.807, 2.05) is 0 Å². The molecule has 3 heterocycles. The second kappa shape index (κ2) is 7.74. The molecule has 4 rings (SSSR count). The minimum Gasteiger partial charge on any atom is -0.379 e. The fourth-order valence-electron chi connectivity index (χ4n) is 4.08. The predicted molar refractivity (Wildman–Crippen MR) is 103 cm³/mol. The minimum atomic E-state index is -0.641. The summed E-state index contributed by atoms with van der Waals surface area (Å²) in [6.07, 6.45) is 5.28. The molecule has 3 N–H and O–H groups in total. The second-order valence-corrected chi connectivity index (χ2v) is 8.21. The van der Waals surface area contributed by atoms with Crippen LogP contribution >= 0.6 is 0 Å². The molecule has 0 atom stereocenters. The maximum Gasteiger partial charge on any atom is 0.254 e. The Kier molecular flexibility index (Phi) is 5.29. The Bertz CT molecular complexity index is 827. The topological polar surface area (TPSA) is 130 Å². The highest BCUT2D eigenvalue weighted by Crippen LogP contribution is 2.36. The summed E-state index contributed by atoms with van der Waals surface area (Å²) in [5, 5.41) is 21.3. The predicted octanol–water partition coefficient (Wildman–Crippen LogP) is 0.281. The molecule has 2 amide bonds. The summed E-state index contributed by atoms with van der Waals surface area (Å²) in [5.41, 5.74) is 5.18. The third-order valence-electron chi connectivity index (χ3n) is 6.30. The van der Waals surface area contributed by atoms with Crippen LogP contribution in [0, 0.1) is 17.2 Å². The van der Waals surface area contributed by atoms with Gasteiger partial charge in [-0.3, -0.25) is 14.3 Å². The van der Waals surface area contributed by atoms with Crippen LogP contribution < -0.4 is 11.1 Å². The Hall–Kier alpha value is -2.48. The monoisotopic (exact) mass is 401 g/mol. The first-order valence-electron chi connectivity index (χ1n) is 10.1. The number of primary amides is 1. The Morgan fingerprint density at radius 1 is 1.34 bits per heavy atom. The molecule has 29 heavy (non-hydrogen) atoms. The zero-order chi connectivity index (χ0) is 20.6. The van der Waals surface area contributed by atoms with Gasteiger partial charge in [-0.1, -0.05) is 0 Å². The van der Waals surface area contributed by atoms with E-state index >= 15 is 0 Å². The lowest BCUT2D eigenvalue weighted by molar-refractivity contribution is -0.162. The first-order valence-corrected chi connectivity index (χ1v) is 10.1. The van der Waals surface area contributed by atoms with Crippen LogP contribution in [0.25, 0.3) is 0 Å². The molecule has 0 spiro atoms. The van der Waals surface area contributed by atoms with Crippen molar-refractivity contribution in [2.45, 2.75) is 43.7 Å². The van der Waals surface area contributed by atoms with E-state index in [2.05, 4.69) is 26.5 Å². The van der Waals surface area contributed by atoms with Crippen LogP contribution in [0.15, 0.2) is 6.20 Å². The first-order chi connectivity index (χ1) is 14.0. The molecule has 1 aliphatic carbocycles. The number of hydrogen-bond acceptors (Lipinski definition) is 7. The second-order valence-electron chi connectivity index (χ2n) is 8.21.